The fourth-order valence-electron chi connectivity index (χ4n) is 3.12. The van der Waals surface area contributed by atoms with Gasteiger partial charge in [0.25, 0.3) is 5.91 Å². The van der Waals surface area contributed by atoms with Crippen molar-refractivity contribution in [3.63, 3.8) is 0 Å². The molecular formula is C17H26N2O. The third-order valence-corrected chi connectivity index (χ3v) is 4.44. The van der Waals surface area contributed by atoms with Crippen molar-refractivity contribution in [1.82, 2.24) is 4.90 Å². The number of likely N-dealkylation sites (tertiary alicyclic amines) is 1. The van der Waals surface area contributed by atoms with Crippen molar-refractivity contribution in [2.24, 2.45) is 5.92 Å². The Labute approximate surface area is 122 Å². The van der Waals surface area contributed by atoms with Crippen LogP contribution in [0, 0.1) is 12.8 Å². The van der Waals surface area contributed by atoms with Crippen molar-refractivity contribution < 1.29 is 4.79 Å². The molecule has 0 radical (unpaired) electrons. The molecule has 3 heteroatoms. The first-order valence-electron chi connectivity index (χ1n) is 7.77. The Bertz CT molecular complexity index is 470. The summed E-state index contributed by atoms with van der Waals surface area (Å²) in [4.78, 5) is 14.7. The highest BCUT2D eigenvalue weighted by Crippen LogP contribution is 2.24. The van der Waals surface area contributed by atoms with E-state index in [0.29, 0.717) is 5.69 Å². The number of nitrogens with two attached hydrogens (primary N) is 1. The highest BCUT2D eigenvalue weighted by Gasteiger charge is 2.22. The highest BCUT2D eigenvalue weighted by molar-refractivity contribution is 5.96. The third-order valence-electron chi connectivity index (χ3n) is 4.44. The molecule has 1 amide bonds. The van der Waals surface area contributed by atoms with Gasteiger partial charge in [-0.15, -0.1) is 0 Å². The molecular weight excluding hydrogens is 248 g/mol. The maximum atomic E-state index is 12.7. The minimum atomic E-state index is 0.145. The van der Waals surface area contributed by atoms with Gasteiger partial charge >= 0.3 is 0 Å². The third kappa shape index (κ3) is 3.33. The topological polar surface area (TPSA) is 46.3 Å². The van der Waals surface area contributed by atoms with Crippen LogP contribution in [-0.4, -0.2) is 23.9 Å². The van der Waals surface area contributed by atoms with Gasteiger partial charge in [-0.3, -0.25) is 4.79 Å². The highest BCUT2D eigenvalue weighted by atomic mass is 16.2. The first-order chi connectivity index (χ1) is 9.63. The number of amides is 1. The smallest absolute Gasteiger partial charge is 0.254 e. The summed E-state index contributed by atoms with van der Waals surface area (Å²) in [5.74, 6) is 0.937. The van der Waals surface area contributed by atoms with E-state index < -0.39 is 0 Å². The predicted octanol–water partition coefficient (Wildman–Crippen LogP) is 3.62. The predicted molar refractivity (Wildman–Crippen MR) is 83.7 cm³/mol. The molecule has 0 bridgehead atoms. The van der Waals surface area contributed by atoms with Gasteiger partial charge in [-0.05, 0) is 49.8 Å². The van der Waals surface area contributed by atoms with Crippen LogP contribution in [0.15, 0.2) is 18.2 Å². The van der Waals surface area contributed by atoms with E-state index in [1.165, 1.54) is 19.3 Å². The first kappa shape index (κ1) is 14.9. The number of benzene rings is 1. The zero-order valence-corrected chi connectivity index (χ0v) is 12.7. The standard InChI is InChI=1S/C17H26N2O/c1-3-6-14-7-5-11-19(12-10-14)17(20)15-8-4-9-16(18)13(15)2/h4,8-9,14H,3,5-7,10-12,18H2,1-2H3. The average Bonchev–Trinajstić information content (AvgIpc) is 2.67. The molecule has 1 unspecified atom stereocenters. The number of hydrogen-bond donors (Lipinski definition) is 1. The fraction of sp³-hybridized carbons (Fsp3) is 0.588. The average molecular weight is 274 g/mol. The maximum absolute atomic E-state index is 12.7. The normalized spacial score (nSPS) is 19.7. The van der Waals surface area contributed by atoms with Gasteiger partial charge < -0.3 is 10.6 Å². The summed E-state index contributed by atoms with van der Waals surface area (Å²) in [7, 11) is 0. The molecule has 1 aliphatic heterocycles. The van der Waals surface area contributed by atoms with Gasteiger partial charge in [-0.2, -0.15) is 0 Å². The number of rotatable bonds is 3. The molecule has 1 saturated heterocycles. The summed E-state index contributed by atoms with van der Waals surface area (Å²) in [6.07, 6.45) is 6.05. The van der Waals surface area contributed by atoms with E-state index in [2.05, 4.69) is 6.92 Å². The Kier molecular flexibility index (Phi) is 5.05. The lowest BCUT2D eigenvalue weighted by Gasteiger charge is -2.22. The number of nitrogens with zero attached hydrogens (tertiary/aromatic N) is 1. The number of nitrogen functional groups attached to an aromatic ring is 1. The Morgan fingerprint density at radius 3 is 2.90 bits per heavy atom. The number of carbonyl (C=O) groups excluding carboxylic acids is 1. The molecule has 0 aromatic heterocycles. The van der Waals surface area contributed by atoms with Crippen molar-refractivity contribution in [1.29, 1.82) is 0 Å². The van der Waals surface area contributed by atoms with Crippen molar-refractivity contribution in [2.75, 3.05) is 18.8 Å². The molecule has 1 aromatic rings. The summed E-state index contributed by atoms with van der Waals surface area (Å²) >= 11 is 0. The number of hydrogen-bond acceptors (Lipinski definition) is 2. The Balaban J connectivity index is 2.07. The van der Waals surface area contributed by atoms with Gasteiger partial charge in [0.2, 0.25) is 0 Å². The van der Waals surface area contributed by atoms with E-state index >= 15 is 0 Å². The van der Waals surface area contributed by atoms with Crippen molar-refractivity contribution in [2.45, 2.75) is 46.0 Å². The van der Waals surface area contributed by atoms with Gasteiger partial charge in [-0.25, -0.2) is 0 Å². The van der Waals surface area contributed by atoms with Crippen LogP contribution in [0.4, 0.5) is 5.69 Å². The van der Waals surface area contributed by atoms with Crippen LogP contribution in [0.3, 0.4) is 0 Å². The largest absolute Gasteiger partial charge is 0.398 e. The van der Waals surface area contributed by atoms with Gasteiger partial charge in [0.05, 0.1) is 0 Å². The van der Waals surface area contributed by atoms with Gasteiger partial charge in [0.1, 0.15) is 0 Å². The van der Waals surface area contributed by atoms with E-state index in [9.17, 15) is 4.79 Å². The quantitative estimate of drug-likeness (QED) is 0.856. The summed E-state index contributed by atoms with van der Waals surface area (Å²) in [6, 6.07) is 5.61. The minimum Gasteiger partial charge on any atom is -0.398 e. The summed E-state index contributed by atoms with van der Waals surface area (Å²) in [5, 5.41) is 0. The molecule has 1 aliphatic rings. The second kappa shape index (κ2) is 6.78. The molecule has 3 nitrogen and oxygen atoms in total. The zero-order valence-electron chi connectivity index (χ0n) is 12.7. The van der Waals surface area contributed by atoms with E-state index in [4.69, 9.17) is 5.73 Å². The minimum absolute atomic E-state index is 0.145. The van der Waals surface area contributed by atoms with E-state index in [-0.39, 0.29) is 5.91 Å². The number of anilines is 1. The SMILES string of the molecule is CCCC1CCCN(C(=O)c2cccc(N)c2C)CC1. The Hall–Kier alpha value is -1.51. The van der Waals surface area contributed by atoms with E-state index in [1.54, 1.807) is 0 Å². The van der Waals surface area contributed by atoms with Gasteiger partial charge in [0.15, 0.2) is 0 Å². The lowest BCUT2D eigenvalue weighted by atomic mass is 9.96. The molecule has 0 aliphatic carbocycles. The lowest BCUT2D eigenvalue weighted by molar-refractivity contribution is 0.0759. The van der Waals surface area contributed by atoms with Crippen LogP contribution in [0.5, 0.6) is 0 Å². The summed E-state index contributed by atoms with van der Waals surface area (Å²) in [6.45, 7) is 5.94. The molecule has 1 heterocycles. The summed E-state index contributed by atoms with van der Waals surface area (Å²) in [5.41, 5.74) is 8.29. The Morgan fingerprint density at radius 2 is 2.15 bits per heavy atom. The van der Waals surface area contributed by atoms with E-state index in [0.717, 1.165) is 43.0 Å². The first-order valence-corrected chi connectivity index (χ1v) is 7.77. The lowest BCUT2D eigenvalue weighted by Crippen LogP contribution is -2.32. The molecule has 1 atom stereocenters. The molecule has 110 valence electrons. The van der Waals surface area contributed by atoms with E-state index in [1.807, 2.05) is 30.0 Å². The van der Waals surface area contributed by atoms with Gasteiger partial charge in [-0.1, -0.05) is 25.8 Å². The number of carbonyl (C=O) groups is 1. The van der Waals surface area contributed by atoms with Gasteiger partial charge in [0, 0.05) is 24.3 Å². The molecule has 2 N–H and O–H groups in total. The second-order valence-corrected chi connectivity index (χ2v) is 5.90. The monoisotopic (exact) mass is 274 g/mol. The zero-order chi connectivity index (χ0) is 14.5. The molecule has 2 rings (SSSR count). The second-order valence-electron chi connectivity index (χ2n) is 5.90. The van der Waals surface area contributed by atoms with Crippen molar-refractivity contribution >= 4 is 11.6 Å². The molecule has 1 fully saturated rings. The van der Waals surface area contributed by atoms with Crippen LogP contribution in [-0.2, 0) is 0 Å². The van der Waals surface area contributed by atoms with Crippen molar-refractivity contribution in [3.05, 3.63) is 29.3 Å². The molecule has 1 aromatic carbocycles. The van der Waals surface area contributed by atoms with Crippen LogP contribution in [0.25, 0.3) is 0 Å². The fourth-order valence-corrected chi connectivity index (χ4v) is 3.12. The van der Waals surface area contributed by atoms with Crippen LogP contribution >= 0.6 is 0 Å². The summed E-state index contributed by atoms with van der Waals surface area (Å²) < 4.78 is 0. The molecule has 20 heavy (non-hydrogen) atoms. The van der Waals surface area contributed by atoms with Crippen LogP contribution in [0.2, 0.25) is 0 Å². The van der Waals surface area contributed by atoms with Crippen molar-refractivity contribution in [3.8, 4) is 0 Å². The molecule has 0 saturated carbocycles. The molecule has 0 spiro atoms. The Morgan fingerprint density at radius 1 is 1.35 bits per heavy atom. The maximum Gasteiger partial charge on any atom is 0.254 e. The van der Waals surface area contributed by atoms with Crippen LogP contribution < -0.4 is 5.73 Å². The van der Waals surface area contributed by atoms with Crippen LogP contribution in [0.1, 0.15) is 54.9 Å².